The number of hydrogen-bond acceptors (Lipinski definition) is 3. The van der Waals surface area contributed by atoms with Gasteiger partial charge in [0, 0.05) is 25.2 Å². The second-order valence-corrected chi connectivity index (χ2v) is 5.87. The van der Waals surface area contributed by atoms with Gasteiger partial charge in [-0.05, 0) is 54.8 Å². The first-order chi connectivity index (χ1) is 9.19. The van der Waals surface area contributed by atoms with Crippen molar-refractivity contribution in [3.63, 3.8) is 0 Å². The van der Waals surface area contributed by atoms with E-state index in [9.17, 15) is 0 Å². The summed E-state index contributed by atoms with van der Waals surface area (Å²) >= 11 is 1.77. The van der Waals surface area contributed by atoms with E-state index < -0.39 is 0 Å². The van der Waals surface area contributed by atoms with Crippen molar-refractivity contribution >= 4 is 11.3 Å². The van der Waals surface area contributed by atoms with Crippen molar-refractivity contribution in [3.05, 3.63) is 39.8 Å². The monoisotopic (exact) mass is 277 g/mol. The molecule has 2 rings (SSSR count). The molecule has 1 unspecified atom stereocenters. The molecule has 1 atom stereocenters. The van der Waals surface area contributed by atoms with E-state index in [1.165, 1.54) is 17.7 Å². The van der Waals surface area contributed by atoms with Gasteiger partial charge < -0.3 is 5.32 Å². The zero-order chi connectivity index (χ0) is 13.7. The van der Waals surface area contributed by atoms with Crippen molar-refractivity contribution < 1.29 is 0 Å². The maximum atomic E-state index is 4.43. The summed E-state index contributed by atoms with van der Waals surface area (Å²) in [6.45, 7) is 5.34. The summed E-state index contributed by atoms with van der Waals surface area (Å²) in [7, 11) is 2.03. The van der Waals surface area contributed by atoms with Crippen LogP contribution in [-0.2, 0) is 19.9 Å². The maximum Gasteiger partial charge on any atom is 0.0596 e. The highest BCUT2D eigenvalue weighted by Gasteiger charge is 2.13. The lowest BCUT2D eigenvalue weighted by Gasteiger charge is -2.18. The van der Waals surface area contributed by atoms with Gasteiger partial charge in [0.25, 0.3) is 0 Å². The standard InChI is InChI=1S/C15H23N3S/c1-4-6-16-14(9-13-5-7-19-11-13)10-15-8-12(2)17-18(15)3/h5,7-8,11,14,16H,4,6,9-10H2,1-3H3. The molecule has 0 aliphatic heterocycles. The van der Waals surface area contributed by atoms with Gasteiger partial charge in [-0.3, -0.25) is 4.68 Å². The minimum Gasteiger partial charge on any atom is -0.313 e. The molecule has 0 aromatic carbocycles. The van der Waals surface area contributed by atoms with Crippen LogP contribution in [0.25, 0.3) is 0 Å². The SMILES string of the molecule is CCCNC(Cc1ccsc1)Cc1cc(C)nn1C. The predicted octanol–water partition coefficient (Wildman–Crippen LogP) is 2.94. The van der Waals surface area contributed by atoms with Gasteiger partial charge >= 0.3 is 0 Å². The Balaban J connectivity index is 2.02. The maximum absolute atomic E-state index is 4.43. The molecule has 0 fully saturated rings. The highest BCUT2D eigenvalue weighted by Crippen LogP contribution is 2.13. The van der Waals surface area contributed by atoms with E-state index in [-0.39, 0.29) is 0 Å². The molecule has 0 spiro atoms. The third kappa shape index (κ3) is 4.18. The third-order valence-electron chi connectivity index (χ3n) is 3.30. The number of aryl methyl sites for hydroxylation is 2. The molecule has 2 aromatic heterocycles. The average Bonchev–Trinajstić information content (AvgIpc) is 2.97. The zero-order valence-electron chi connectivity index (χ0n) is 12.0. The highest BCUT2D eigenvalue weighted by molar-refractivity contribution is 7.07. The Morgan fingerprint density at radius 2 is 2.26 bits per heavy atom. The van der Waals surface area contributed by atoms with Gasteiger partial charge in [0.15, 0.2) is 0 Å². The molecule has 0 aliphatic carbocycles. The number of thiophene rings is 1. The lowest BCUT2D eigenvalue weighted by Crippen LogP contribution is -2.34. The van der Waals surface area contributed by atoms with Crippen LogP contribution in [0.15, 0.2) is 22.9 Å². The molecule has 104 valence electrons. The third-order valence-corrected chi connectivity index (χ3v) is 4.03. The van der Waals surface area contributed by atoms with Crippen LogP contribution < -0.4 is 5.32 Å². The Morgan fingerprint density at radius 3 is 2.84 bits per heavy atom. The fraction of sp³-hybridized carbons (Fsp3) is 0.533. The average molecular weight is 277 g/mol. The van der Waals surface area contributed by atoms with E-state index in [1.54, 1.807) is 11.3 Å². The van der Waals surface area contributed by atoms with Gasteiger partial charge in [0.2, 0.25) is 0 Å². The van der Waals surface area contributed by atoms with Crippen LogP contribution in [0.4, 0.5) is 0 Å². The first kappa shape index (κ1) is 14.3. The summed E-state index contributed by atoms with van der Waals surface area (Å²) < 4.78 is 2.00. The second-order valence-electron chi connectivity index (χ2n) is 5.09. The Bertz CT molecular complexity index is 487. The zero-order valence-corrected chi connectivity index (χ0v) is 12.8. The van der Waals surface area contributed by atoms with Crippen molar-refractivity contribution in [2.24, 2.45) is 7.05 Å². The van der Waals surface area contributed by atoms with E-state index in [0.717, 1.165) is 25.1 Å². The molecule has 0 radical (unpaired) electrons. The van der Waals surface area contributed by atoms with Crippen LogP contribution in [0.2, 0.25) is 0 Å². The number of hydrogen-bond donors (Lipinski definition) is 1. The van der Waals surface area contributed by atoms with Crippen LogP contribution in [0.3, 0.4) is 0 Å². The predicted molar refractivity (Wildman–Crippen MR) is 81.8 cm³/mol. The van der Waals surface area contributed by atoms with Crippen LogP contribution in [-0.4, -0.2) is 22.4 Å². The van der Waals surface area contributed by atoms with E-state index in [0.29, 0.717) is 6.04 Å². The highest BCUT2D eigenvalue weighted by atomic mass is 32.1. The molecule has 2 heterocycles. The number of rotatable bonds is 7. The molecular weight excluding hydrogens is 254 g/mol. The summed E-state index contributed by atoms with van der Waals surface area (Å²) in [5.41, 5.74) is 3.83. The fourth-order valence-corrected chi connectivity index (χ4v) is 3.05. The number of nitrogens with zero attached hydrogens (tertiary/aromatic N) is 2. The lowest BCUT2D eigenvalue weighted by molar-refractivity contribution is 0.491. The van der Waals surface area contributed by atoms with Crippen LogP contribution in [0, 0.1) is 6.92 Å². The van der Waals surface area contributed by atoms with E-state index in [4.69, 9.17) is 0 Å². The fourth-order valence-electron chi connectivity index (χ4n) is 2.37. The van der Waals surface area contributed by atoms with Crippen LogP contribution in [0.5, 0.6) is 0 Å². The van der Waals surface area contributed by atoms with Crippen LogP contribution in [0.1, 0.15) is 30.3 Å². The minimum absolute atomic E-state index is 0.490. The van der Waals surface area contributed by atoms with Gasteiger partial charge in [-0.1, -0.05) is 6.92 Å². The molecular formula is C15H23N3S. The lowest BCUT2D eigenvalue weighted by atomic mass is 10.0. The van der Waals surface area contributed by atoms with Gasteiger partial charge in [-0.15, -0.1) is 0 Å². The molecule has 0 amide bonds. The summed E-state index contributed by atoms with van der Waals surface area (Å²) in [5.74, 6) is 0. The molecule has 4 heteroatoms. The molecule has 3 nitrogen and oxygen atoms in total. The number of aromatic nitrogens is 2. The minimum atomic E-state index is 0.490. The van der Waals surface area contributed by atoms with Gasteiger partial charge in [-0.25, -0.2) is 0 Å². The second kappa shape index (κ2) is 6.87. The Labute approximate surface area is 119 Å². The summed E-state index contributed by atoms with van der Waals surface area (Å²) in [5, 5.41) is 12.5. The van der Waals surface area contributed by atoms with Crippen molar-refractivity contribution in [2.75, 3.05) is 6.54 Å². The Hall–Kier alpha value is -1.13. The number of nitrogens with one attached hydrogen (secondary N) is 1. The quantitative estimate of drug-likeness (QED) is 0.843. The van der Waals surface area contributed by atoms with E-state index in [2.05, 4.69) is 47.2 Å². The Kier molecular flexibility index (Phi) is 5.16. The normalized spacial score (nSPS) is 12.8. The van der Waals surface area contributed by atoms with E-state index in [1.807, 2.05) is 11.7 Å². The molecule has 2 aromatic rings. The van der Waals surface area contributed by atoms with Crippen LogP contribution >= 0.6 is 11.3 Å². The van der Waals surface area contributed by atoms with E-state index >= 15 is 0 Å². The molecule has 0 saturated heterocycles. The molecule has 0 aliphatic rings. The van der Waals surface area contributed by atoms with Crippen molar-refractivity contribution in [3.8, 4) is 0 Å². The van der Waals surface area contributed by atoms with Gasteiger partial charge in [-0.2, -0.15) is 16.4 Å². The summed E-state index contributed by atoms with van der Waals surface area (Å²) in [4.78, 5) is 0. The summed E-state index contributed by atoms with van der Waals surface area (Å²) in [6.07, 6.45) is 3.30. The molecule has 19 heavy (non-hydrogen) atoms. The van der Waals surface area contributed by atoms with Crippen molar-refractivity contribution in [1.82, 2.24) is 15.1 Å². The molecule has 0 bridgehead atoms. The Morgan fingerprint density at radius 1 is 1.42 bits per heavy atom. The van der Waals surface area contributed by atoms with Gasteiger partial charge in [0.1, 0.15) is 0 Å². The largest absolute Gasteiger partial charge is 0.313 e. The summed E-state index contributed by atoms with van der Waals surface area (Å²) in [6, 6.07) is 4.90. The van der Waals surface area contributed by atoms with Gasteiger partial charge in [0.05, 0.1) is 5.69 Å². The first-order valence-corrected chi connectivity index (χ1v) is 7.87. The molecule has 1 N–H and O–H groups in total. The smallest absolute Gasteiger partial charge is 0.0596 e. The topological polar surface area (TPSA) is 29.9 Å². The van der Waals surface area contributed by atoms with Crippen molar-refractivity contribution in [1.29, 1.82) is 0 Å². The van der Waals surface area contributed by atoms with Crippen molar-refractivity contribution in [2.45, 2.75) is 39.2 Å². The first-order valence-electron chi connectivity index (χ1n) is 6.93. The molecule has 0 saturated carbocycles.